The fourth-order valence-corrected chi connectivity index (χ4v) is 7.02. The minimum Gasteiger partial charge on any atom is -0.301 e. The van der Waals surface area contributed by atoms with E-state index in [0.29, 0.717) is 29.5 Å². The standard InChI is InChI=1S/C17H16ClN3O3S3/c1-10-11(18)6-7-13-15(10)19-17(26-13)20-16(22)12-4-2-8-21(12)27(23,24)14-5-3-9-25-14/h3,5-7,9,12H,2,4,8H2,1H3,(H,19,20,22). The molecular weight excluding hydrogens is 426 g/mol. The summed E-state index contributed by atoms with van der Waals surface area (Å²) >= 11 is 8.63. The van der Waals surface area contributed by atoms with E-state index in [4.69, 9.17) is 11.6 Å². The lowest BCUT2D eigenvalue weighted by molar-refractivity contribution is -0.119. The number of anilines is 1. The van der Waals surface area contributed by atoms with E-state index in [0.717, 1.165) is 27.1 Å². The number of fused-ring (bicyclic) bond motifs is 1. The van der Waals surface area contributed by atoms with Crippen molar-refractivity contribution in [1.29, 1.82) is 0 Å². The van der Waals surface area contributed by atoms with Crippen LogP contribution in [0.2, 0.25) is 5.02 Å². The van der Waals surface area contributed by atoms with Crippen LogP contribution in [-0.4, -0.2) is 36.2 Å². The summed E-state index contributed by atoms with van der Waals surface area (Å²) in [5.74, 6) is -0.351. The maximum absolute atomic E-state index is 12.8. The van der Waals surface area contributed by atoms with Crippen LogP contribution in [-0.2, 0) is 14.8 Å². The Labute approximate surface area is 169 Å². The van der Waals surface area contributed by atoms with Crippen LogP contribution >= 0.6 is 34.3 Å². The number of nitrogens with zero attached hydrogens (tertiary/aromatic N) is 2. The molecule has 1 aliphatic rings. The summed E-state index contributed by atoms with van der Waals surface area (Å²) in [6.07, 6.45) is 1.14. The van der Waals surface area contributed by atoms with E-state index in [-0.39, 0.29) is 10.1 Å². The number of thiophene rings is 1. The molecule has 4 rings (SSSR count). The minimum atomic E-state index is -3.66. The van der Waals surface area contributed by atoms with Crippen molar-refractivity contribution in [2.75, 3.05) is 11.9 Å². The normalized spacial score (nSPS) is 18.2. The number of amides is 1. The number of nitrogens with one attached hydrogen (secondary N) is 1. The van der Waals surface area contributed by atoms with Gasteiger partial charge in [-0.3, -0.25) is 4.79 Å². The molecule has 1 aromatic carbocycles. The largest absolute Gasteiger partial charge is 0.301 e. The quantitative estimate of drug-likeness (QED) is 0.660. The van der Waals surface area contributed by atoms with E-state index in [1.165, 1.54) is 15.6 Å². The maximum atomic E-state index is 12.8. The van der Waals surface area contributed by atoms with Gasteiger partial charge in [0.25, 0.3) is 10.0 Å². The lowest BCUT2D eigenvalue weighted by atomic mass is 10.2. The topological polar surface area (TPSA) is 79.4 Å². The van der Waals surface area contributed by atoms with Crippen LogP contribution in [0.5, 0.6) is 0 Å². The molecule has 1 atom stereocenters. The second-order valence-electron chi connectivity index (χ2n) is 6.23. The molecule has 1 unspecified atom stereocenters. The number of aryl methyl sites for hydroxylation is 1. The van der Waals surface area contributed by atoms with Crippen molar-refractivity contribution >= 4 is 65.6 Å². The van der Waals surface area contributed by atoms with Gasteiger partial charge < -0.3 is 5.32 Å². The molecule has 6 nitrogen and oxygen atoms in total. The van der Waals surface area contributed by atoms with E-state index in [9.17, 15) is 13.2 Å². The molecule has 0 spiro atoms. The average Bonchev–Trinajstić information content (AvgIpc) is 3.38. The first kappa shape index (κ1) is 18.8. The summed E-state index contributed by atoms with van der Waals surface area (Å²) < 4.78 is 28.1. The van der Waals surface area contributed by atoms with Crippen LogP contribution in [0, 0.1) is 6.92 Å². The zero-order valence-electron chi connectivity index (χ0n) is 14.3. The molecule has 3 heterocycles. The summed E-state index contributed by atoms with van der Waals surface area (Å²) in [7, 11) is -3.66. The van der Waals surface area contributed by atoms with Gasteiger partial charge >= 0.3 is 0 Å². The minimum absolute atomic E-state index is 0.257. The highest BCUT2D eigenvalue weighted by molar-refractivity contribution is 7.91. The van der Waals surface area contributed by atoms with Gasteiger partial charge in [0, 0.05) is 11.6 Å². The number of carbonyl (C=O) groups excluding carboxylic acids is 1. The molecule has 142 valence electrons. The van der Waals surface area contributed by atoms with Gasteiger partial charge in [-0.05, 0) is 48.9 Å². The van der Waals surface area contributed by atoms with Crippen molar-refractivity contribution in [3.05, 3.63) is 40.2 Å². The van der Waals surface area contributed by atoms with Crippen LogP contribution in [0.25, 0.3) is 10.2 Å². The second-order valence-corrected chi connectivity index (χ2v) is 10.7. The number of benzene rings is 1. The first-order valence-corrected chi connectivity index (χ1v) is 11.8. The smallest absolute Gasteiger partial charge is 0.253 e. The maximum Gasteiger partial charge on any atom is 0.253 e. The van der Waals surface area contributed by atoms with E-state index in [2.05, 4.69) is 10.3 Å². The predicted octanol–water partition coefficient (Wildman–Crippen LogP) is 4.11. The van der Waals surface area contributed by atoms with Gasteiger partial charge in [0.1, 0.15) is 10.3 Å². The fourth-order valence-electron chi connectivity index (χ4n) is 3.16. The van der Waals surface area contributed by atoms with Crippen LogP contribution in [0.15, 0.2) is 33.9 Å². The van der Waals surface area contributed by atoms with Crippen molar-refractivity contribution in [3.63, 3.8) is 0 Å². The number of sulfonamides is 1. The van der Waals surface area contributed by atoms with Crippen molar-refractivity contribution in [2.45, 2.75) is 30.0 Å². The van der Waals surface area contributed by atoms with Gasteiger partial charge in [-0.2, -0.15) is 4.31 Å². The first-order chi connectivity index (χ1) is 12.9. The summed E-state index contributed by atoms with van der Waals surface area (Å²) in [4.78, 5) is 17.3. The molecule has 1 N–H and O–H groups in total. The van der Waals surface area contributed by atoms with Gasteiger partial charge in [0.05, 0.1) is 10.2 Å². The highest BCUT2D eigenvalue weighted by atomic mass is 35.5. The number of hydrogen-bond donors (Lipinski definition) is 1. The number of rotatable bonds is 4. The molecule has 0 radical (unpaired) electrons. The third-order valence-corrected chi connectivity index (χ3v) is 9.17. The predicted molar refractivity (Wildman–Crippen MR) is 109 cm³/mol. The van der Waals surface area contributed by atoms with Gasteiger partial charge in [0.15, 0.2) is 5.13 Å². The summed E-state index contributed by atoms with van der Waals surface area (Å²) in [6.45, 7) is 2.22. The van der Waals surface area contributed by atoms with Crippen molar-refractivity contribution in [3.8, 4) is 0 Å². The molecule has 0 bridgehead atoms. The molecule has 3 aromatic rings. The Hall–Kier alpha value is -1.52. The Balaban J connectivity index is 1.58. The zero-order chi connectivity index (χ0) is 19.2. The lowest BCUT2D eigenvalue weighted by Gasteiger charge is -2.22. The lowest BCUT2D eigenvalue weighted by Crippen LogP contribution is -2.42. The van der Waals surface area contributed by atoms with E-state index >= 15 is 0 Å². The molecule has 10 heteroatoms. The second kappa shape index (κ2) is 7.14. The highest BCUT2D eigenvalue weighted by Crippen LogP contribution is 2.33. The number of hydrogen-bond acceptors (Lipinski definition) is 6. The Morgan fingerprint density at radius 1 is 1.37 bits per heavy atom. The zero-order valence-corrected chi connectivity index (χ0v) is 17.5. The molecule has 0 saturated carbocycles. The van der Waals surface area contributed by atoms with E-state index in [1.54, 1.807) is 23.6 Å². The van der Waals surface area contributed by atoms with Gasteiger partial charge in [0.2, 0.25) is 5.91 Å². The van der Waals surface area contributed by atoms with Crippen LogP contribution in [0.1, 0.15) is 18.4 Å². The average molecular weight is 442 g/mol. The number of thiazole rings is 1. The summed E-state index contributed by atoms with van der Waals surface area (Å²) in [6, 6.07) is 6.19. The fraction of sp³-hybridized carbons (Fsp3) is 0.294. The Morgan fingerprint density at radius 2 is 2.19 bits per heavy atom. The SMILES string of the molecule is Cc1c(Cl)ccc2sc(NC(=O)C3CCCN3S(=O)(=O)c3cccs3)nc12. The molecule has 0 aliphatic carbocycles. The van der Waals surface area contributed by atoms with Crippen LogP contribution in [0.3, 0.4) is 0 Å². The Bertz CT molecular complexity index is 1110. The van der Waals surface area contributed by atoms with E-state index in [1.807, 2.05) is 13.0 Å². The van der Waals surface area contributed by atoms with Crippen molar-refractivity contribution in [1.82, 2.24) is 9.29 Å². The molecule has 1 fully saturated rings. The number of carbonyl (C=O) groups is 1. The third-order valence-electron chi connectivity index (χ3n) is 4.54. The van der Waals surface area contributed by atoms with Crippen LogP contribution in [0.4, 0.5) is 5.13 Å². The van der Waals surface area contributed by atoms with Gasteiger partial charge in [-0.15, -0.1) is 11.3 Å². The van der Waals surface area contributed by atoms with Crippen molar-refractivity contribution in [2.24, 2.45) is 0 Å². The van der Waals surface area contributed by atoms with Gasteiger partial charge in [-0.1, -0.05) is 29.0 Å². The molecule has 1 saturated heterocycles. The molecule has 1 amide bonds. The monoisotopic (exact) mass is 441 g/mol. The first-order valence-electron chi connectivity index (χ1n) is 8.30. The third kappa shape index (κ3) is 3.38. The van der Waals surface area contributed by atoms with Crippen molar-refractivity contribution < 1.29 is 13.2 Å². The van der Waals surface area contributed by atoms with E-state index < -0.39 is 16.1 Å². The van der Waals surface area contributed by atoms with Gasteiger partial charge in [-0.25, -0.2) is 13.4 Å². The van der Waals surface area contributed by atoms with Crippen LogP contribution < -0.4 is 5.32 Å². The number of aromatic nitrogens is 1. The summed E-state index contributed by atoms with van der Waals surface area (Å²) in [5.41, 5.74) is 1.60. The molecule has 2 aromatic heterocycles. The summed E-state index contributed by atoms with van der Waals surface area (Å²) in [5, 5.41) is 5.57. The molecule has 27 heavy (non-hydrogen) atoms. The molecule has 1 aliphatic heterocycles. The Morgan fingerprint density at radius 3 is 2.93 bits per heavy atom. The number of halogens is 1. The Kier molecular flexibility index (Phi) is 4.98. The highest BCUT2D eigenvalue weighted by Gasteiger charge is 2.40. The molecular formula is C17H16ClN3O3S3.